The minimum absolute atomic E-state index is 0.125. The highest BCUT2D eigenvalue weighted by Gasteiger charge is 2.24. The third kappa shape index (κ3) is 4.26. The third-order valence-electron chi connectivity index (χ3n) is 5.89. The van der Waals surface area contributed by atoms with Gasteiger partial charge in [-0.05, 0) is 30.2 Å². The predicted octanol–water partition coefficient (Wildman–Crippen LogP) is 3.19. The van der Waals surface area contributed by atoms with Gasteiger partial charge in [0.15, 0.2) is 11.5 Å². The van der Waals surface area contributed by atoms with Crippen molar-refractivity contribution >= 4 is 27.7 Å². The van der Waals surface area contributed by atoms with Gasteiger partial charge in [0.05, 0.1) is 42.9 Å². The van der Waals surface area contributed by atoms with Crippen LogP contribution in [-0.2, 0) is 11.3 Å². The van der Waals surface area contributed by atoms with Crippen molar-refractivity contribution in [2.24, 2.45) is 5.92 Å². The lowest BCUT2D eigenvalue weighted by Gasteiger charge is -2.22. The SMILES string of the molecule is CC[C@H](C)[C@H](NC(=O)Cn1ncc2ccc(OC)c(OC)c2c1=O)c1nc2ccccc2[nH]1. The summed E-state index contributed by atoms with van der Waals surface area (Å²) in [5.41, 5.74) is 1.31. The quantitative estimate of drug-likeness (QED) is 0.427. The zero-order valence-corrected chi connectivity index (χ0v) is 19.1. The van der Waals surface area contributed by atoms with Crippen molar-refractivity contribution in [3.63, 3.8) is 0 Å². The molecule has 0 radical (unpaired) electrons. The van der Waals surface area contributed by atoms with Crippen LogP contribution in [0.5, 0.6) is 11.5 Å². The van der Waals surface area contributed by atoms with E-state index in [1.807, 2.05) is 24.3 Å². The van der Waals surface area contributed by atoms with Crippen molar-refractivity contribution in [1.82, 2.24) is 25.1 Å². The molecule has 0 aliphatic rings. The molecule has 0 aliphatic heterocycles. The molecule has 0 saturated heterocycles. The second-order valence-corrected chi connectivity index (χ2v) is 7.94. The van der Waals surface area contributed by atoms with E-state index < -0.39 is 5.56 Å². The average Bonchev–Trinajstić information content (AvgIpc) is 3.27. The van der Waals surface area contributed by atoms with Crippen molar-refractivity contribution in [3.05, 3.63) is 58.8 Å². The number of imidazole rings is 1. The molecule has 0 saturated carbocycles. The highest BCUT2D eigenvalue weighted by atomic mass is 16.5. The number of benzene rings is 2. The van der Waals surface area contributed by atoms with E-state index in [9.17, 15) is 9.59 Å². The summed E-state index contributed by atoms with van der Waals surface area (Å²) < 4.78 is 11.8. The summed E-state index contributed by atoms with van der Waals surface area (Å²) in [7, 11) is 2.97. The van der Waals surface area contributed by atoms with E-state index in [4.69, 9.17) is 9.47 Å². The van der Waals surface area contributed by atoms with Crippen LogP contribution in [0.25, 0.3) is 21.8 Å². The number of nitrogens with one attached hydrogen (secondary N) is 2. The van der Waals surface area contributed by atoms with Crippen LogP contribution in [0, 0.1) is 5.92 Å². The molecule has 4 aromatic rings. The number of rotatable bonds is 8. The lowest BCUT2D eigenvalue weighted by molar-refractivity contribution is -0.123. The zero-order valence-electron chi connectivity index (χ0n) is 19.1. The molecule has 0 spiro atoms. The van der Waals surface area contributed by atoms with Gasteiger partial charge in [0.1, 0.15) is 12.4 Å². The lowest BCUT2D eigenvalue weighted by atomic mass is 9.98. The van der Waals surface area contributed by atoms with E-state index in [1.54, 1.807) is 12.1 Å². The third-order valence-corrected chi connectivity index (χ3v) is 5.89. The Morgan fingerprint density at radius 3 is 2.67 bits per heavy atom. The van der Waals surface area contributed by atoms with Crippen molar-refractivity contribution in [2.75, 3.05) is 14.2 Å². The highest BCUT2D eigenvalue weighted by Crippen LogP contribution is 2.32. The molecule has 0 unspecified atom stereocenters. The Balaban J connectivity index is 1.63. The fraction of sp³-hybridized carbons (Fsp3) is 0.333. The van der Waals surface area contributed by atoms with Gasteiger partial charge < -0.3 is 19.8 Å². The molecule has 0 fully saturated rings. The zero-order chi connectivity index (χ0) is 23.5. The molecule has 2 heterocycles. The summed E-state index contributed by atoms with van der Waals surface area (Å²) >= 11 is 0. The number of fused-ring (bicyclic) bond motifs is 2. The standard InChI is InChI=1S/C24H27N5O4/c1-5-14(2)21(23-26-16-8-6-7-9-17(16)27-23)28-19(30)13-29-24(31)20-15(12-25-29)10-11-18(32-3)22(20)33-4/h6-12,14,21H,5,13H2,1-4H3,(H,26,27)(H,28,30)/t14-,21-/m0/s1. The number of amides is 1. The smallest absolute Gasteiger partial charge is 0.279 e. The molecule has 1 amide bonds. The Hall–Kier alpha value is -3.88. The summed E-state index contributed by atoms with van der Waals surface area (Å²) in [5, 5.41) is 8.13. The van der Waals surface area contributed by atoms with E-state index >= 15 is 0 Å². The molecule has 0 bridgehead atoms. The fourth-order valence-corrected chi connectivity index (χ4v) is 3.89. The molecule has 33 heavy (non-hydrogen) atoms. The fourth-order valence-electron chi connectivity index (χ4n) is 3.89. The van der Waals surface area contributed by atoms with Crippen LogP contribution in [0.4, 0.5) is 0 Å². The summed E-state index contributed by atoms with van der Waals surface area (Å²) in [6.07, 6.45) is 2.38. The monoisotopic (exact) mass is 449 g/mol. The normalized spacial score (nSPS) is 13.1. The number of ether oxygens (including phenoxy) is 2. The maximum absolute atomic E-state index is 13.1. The second-order valence-electron chi connectivity index (χ2n) is 7.94. The van der Waals surface area contributed by atoms with Gasteiger partial charge in [0.2, 0.25) is 5.91 Å². The lowest BCUT2D eigenvalue weighted by Crippen LogP contribution is -2.38. The second kappa shape index (κ2) is 9.32. The summed E-state index contributed by atoms with van der Waals surface area (Å²) in [6, 6.07) is 10.8. The van der Waals surface area contributed by atoms with E-state index in [-0.39, 0.29) is 24.4 Å². The highest BCUT2D eigenvalue weighted by molar-refractivity contribution is 5.89. The van der Waals surface area contributed by atoms with Crippen molar-refractivity contribution in [3.8, 4) is 11.5 Å². The van der Waals surface area contributed by atoms with Crippen LogP contribution in [0.2, 0.25) is 0 Å². The molecular weight excluding hydrogens is 422 g/mol. The predicted molar refractivity (Wildman–Crippen MR) is 126 cm³/mol. The number of aromatic amines is 1. The minimum atomic E-state index is -0.428. The average molecular weight is 450 g/mol. The van der Waals surface area contributed by atoms with Crippen LogP contribution in [-0.4, -0.2) is 39.9 Å². The van der Waals surface area contributed by atoms with Gasteiger partial charge in [-0.25, -0.2) is 9.67 Å². The van der Waals surface area contributed by atoms with Crippen LogP contribution < -0.4 is 20.3 Å². The minimum Gasteiger partial charge on any atom is -0.493 e. The molecule has 4 rings (SSSR count). The molecule has 9 heteroatoms. The maximum atomic E-state index is 13.1. The Morgan fingerprint density at radius 2 is 1.97 bits per heavy atom. The van der Waals surface area contributed by atoms with Gasteiger partial charge in [0.25, 0.3) is 5.56 Å². The van der Waals surface area contributed by atoms with Crippen LogP contribution >= 0.6 is 0 Å². The molecule has 2 aromatic heterocycles. The van der Waals surface area contributed by atoms with Crippen molar-refractivity contribution < 1.29 is 14.3 Å². The van der Waals surface area contributed by atoms with Crippen LogP contribution in [0.15, 0.2) is 47.4 Å². The largest absolute Gasteiger partial charge is 0.493 e. The Morgan fingerprint density at radius 1 is 1.18 bits per heavy atom. The van der Waals surface area contributed by atoms with Gasteiger partial charge in [-0.2, -0.15) is 5.10 Å². The molecule has 2 aromatic carbocycles. The van der Waals surface area contributed by atoms with Crippen molar-refractivity contribution in [2.45, 2.75) is 32.9 Å². The van der Waals surface area contributed by atoms with Crippen LogP contribution in [0.1, 0.15) is 32.1 Å². The first kappa shape index (κ1) is 22.3. The maximum Gasteiger partial charge on any atom is 0.279 e. The number of hydrogen-bond donors (Lipinski definition) is 2. The molecule has 9 nitrogen and oxygen atoms in total. The summed E-state index contributed by atoms with van der Waals surface area (Å²) in [6.45, 7) is 3.87. The molecular formula is C24H27N5O4. The van der Waals surface area contributed by atoms with Gasteiger partial charge in [0, 0.05) is 5.39 Å². The topological polar surface area (TPSA) is 111 Å². The molecule has 2 N–H and O–H groups in total. The van der Waals surface area contributed by atoms with E-state index in [0.29, 0.717) is 28.1 Å². The number of hydrogen-bond acceptors (Lipinski definition) is 6. The number of carbonyl (C=O) groups excluding carboxylic acids is 1. The van der Waals surface area contributed by atoms with Crippen LogP contribution in [0.3, 0.4) is 0 Å². The number of para-hydroxylation sites is 2. The van der Waals surface area contributed by atoms with Gasteiger partial charge in [-0.1, -0.05) is 32.4 Å². The summed E-state index contributed by atoms with van der Waals surface area (Å²) in [5.74, 6) is 1.23. The van der Waals surface area contributed by atoms with Gasteiger partial charge in [-0.15, -0.1) is 0 Å². The van der Waals surface area contributed by atoms with E-state index in [2.05, 4.69) is 34.2 Å². The number of aromatic nitrogens is 4. The Labute approximate surface area is 190 Å². The van der Waals surface area contributed by atoms with Gasteiger partial charge >= 0.3 is 0 Å². The molecule has 2 atom stereocenters. The number of H-pyrrole nitrogens is 1. The number of carbonyl (C=O) groups is 1. The van der Waals surface area contributed by atoms with E-state index in [0.717, 1.165) is 22.1 Å². The van der Waals surface area contributed by atoms with E-state index in [1.165, 1.54) is 20.4 Å². The Kier molecular flexibility index (Phi) is 6.30. The molecule has 0 aliphatic carbocycles. The van der Waals surface area contributed by atoms with Crippen molar-refractivity contribution in [1.29, 1.82) is 0 Å². The first-order chi connectivity index (χ1) is 16.0. The van der Waals surface area contributed by atoms with Gasteiger partial charge in [-0.3, -0.25) is 9.59 Å². The first-order valence-corrected chi connectivity index (χ1v) is 10.8. The number of methoxy groups -OCH3 is 2. The summed E-state index contributed by atoms with van der Waals surface area (Å²) in [4.78, 5) is 34.1. The number of nitrogens with zero attached hydrogens (tertiary/aromatic N) is 3. The first-order valence-electron chi connectivity index (χ1n) is 10.8. The Bertz CT molecular complexity index is 1330. The molecule has 172 valence electrons.